The molecular weight excluding hydrogens is 236 g/mol. The normalized spacial score (nSPS) is 22.9. The number of aromatic nitrogens is 3. The summed E-state index contributed by atoms with van der Waals surface area (Å²) in [6.45, 7) is 2.79. The van der Waals surface area contributed by atoms with Crippen molar-refractivity contribution in [2.24, 2.45) is 5.84 Å². The lowest BCUT2D eigenvalue weighted by Crippen LogP contribution is -2.38. The third-order valence-corrected chi connectivity index (χ3v) is 3.06. The van der Waals surface area contributed by atoms with Crippen molar-refractivity contribution >= 4 is 11.9 Å². The summed E-state index contributed by atoms with van der Waals surface area (Å²) in [4.78, 5) is 14.3. The van der Waals surface area contributed by atoms with Crippen molar-refractivity contribution in [1.29, 1.82) is 0 Å². The molecule has 0 amide bonds. The van der Waals surface area contributed by atoms with Gasteiger partial charge in [-0.3, -0.25) is 5.43 Å². The molecule has 1 aliphatic rings. The number of ether oxygens (including phenoxy) is 2. The zero-order valence-electron chi connectivity index (χ0n) is 10.8. The van der Waals surface area contributed by atoms with E-state index in [0.29, 0.717) is 5.95 Å². The van der Waals surface area contributed by atoms with Crippen molar-refractivity contribution in [3.8, 4) is 6.01 Å². The summed E-state index contributed by atoms with van der Waals surface area (Å²) in [5.41, 5.74) is 2.40. The Morgan fingerprint density at radius 1 is 1.44 bits per heavy atom. The average Bonchev–Trinajstić information content (AvgIpc) is 2.83. The molecular formula is C10H18N6O2. The number of hydrogen-bond donors (Lipinski definition) is 2. The fraction of sp³-hybridized carbons (Fsp3) is 0.700. The van der Waals surface area contributed by atoms with E-state index in [1.54, 1.807) is 0 Å². The SMILES string of the molecule is COc1nc(NN)nc(N(C)C2CCOC2C)n1. The van der Waals surface area contributed by atoms with Crippen LogP contribution in [-0.4, -0.2) is 47.9 Å². The molecule has 3 N–H and O–H groups in total. The second-order valence-corrected chi connectivity index (χ2v) is 4.13. The molecule has 1 aliphatic heterocycles. The second kappa shape index (κ2) is 5.32. The Kier molecular flexibility index (Phi) is 3.78. The molecule has 2 heterocycles. The lowest BCUT2D eigenvalue weighted by molar-refractivity contribution is 0.118. The standard InChI is InChI=1S/C10H18N6O2/c1-6-7(4-5-18-6)16(2)9-12-8(15-11)13-10(14-9)17-3/h6-7H,4-5,11H2,1-3H3,(H,12,13,14,15). The van der Waals surface area contributed by atoms with E-state index in [9.17, 15) is 0 Å². The maximum absolute atomic E-state index is 5.54. The minimum absolute atomic E-state index is 0.145. The number of methoxy groups -OCH3 is 1. The molecule has 2 atom stereocenters. The van der Waals surface area contributed by atoms with Crippen LogP contribution < -0.4 is 20.9 Å². The average molecular weight is 254 g/mol. The number of rotatable bonds is 4. The molecule has 0 saturated carbocycles. The Morgan fingerprint density at radius 3 is 2.78 bits per heavy atom. The molecule has 1 aromatic heterocycles. The van der Waals surface area contributed by atoms with E-state index in [1.165, 1.54) is 7.11 Å². The van der Waals surface area contributed by atoms with Gasteiger partial charge in [0.1, 0.15) is 0 Å². The molecule has 8 heteroatoms. The van der Waals surface area contributed by atoms with E-state index < -0.39 is 0 Å². The van der Waals surface area contributed by atoms with Gasteiger partial charge in [0.2, 0.25) is 11.9 Å². The topological polar surface area (TPSA) is 98.4 Å². The van der Waals surface area contributed by atoms with Gasteiger partial charge in [-0.2, -0.15) is 15.0 Å². The minimum Gasteiger partial charge on any atom is -0.467 e. The highest BCUT2D eigenvalue weighted by molar-refractivity contribution is 5.38. The minimum atomic E-state index is 0.145. The van der Waals surface area contributed by atoms with Gasteiger partial charge >= 0.3 is 6.01 Å². The molecule has 18 heavy (non-hydrogen) atoms. The van der Waals surface area contributed by atoms with Gasteiger partial charge in [0, 0.05) is 13.7 Å². The number of hydrazine groups is 1. The number of nitrogens with zero attached hydrogens (tertiary/aromatic N) is 4. The van der Waals surface area contributed by atoms with E-state index in [-0.39, 0.29) is 24.1 Å². The zero-order valence-corrected chi connectivity index (χ0v) is 10.8. The lowest BCUT2D eigenvalue weighted by atomic mass is 10.1. The van der Waals surface area contributed by atoms with Crippen LogP contribution in [0.5, 0.6) is 6.01 Å². The monoisotopic (exact) mass is 254 g/mol. The van der Waals surface area contributed by atoms with Crippen LogP contribution in [0.1, 0.15) is 13.3 Å². The molecule has 0 bridgehead atoms. The molecule has 1 fully saturated rings. The molecule has 100 valence electrons. The van der Waals surface area contributed by atoms with Gasteiger partial charge < -0.3 is 14.4 Å². The van der Waals surface area contributed by atoms with Crippen LogP contribution in [0.25, 0.3) is 0 Å². The van der Waals surface area contributed by atoms with Crippen LogP contribution in [0, 0.1) is 0 Å². The van der Waals surface area contributed by atoms with Gasteiger partial charge in [0.25, 0.3) is 0 Å². The fourth-order valence-electron chi connectivity index (χ4n) is 2.04. The molecule has 0 aliphatic carbocycles. The molecule has 2 rings (SSSR count). The van der Waals surface area contributed by atoms with E-state index >= 15 is 0 Å². The Bertz CT molecular complexity index is 393. The van der Waals surface area contributed by atoms with E-state index in [0.717, 1.165) is 13.0 Å². The van der Waals surface area contributed by atoms with Crippen molar-refractivity contribution < 1.29 is 9.47 Å². The summed E-state index contributed by atoms with van der Waals surface area (Å²) in [5, 5.41) is 0. The molecule has 0 spiro atoms. The molecule has 2 unspecified atom stereocenters. The first-order valence-corrected chi connectivity index (χ1v) is 5.77. The maximum Gasteiger partial charge on any atom is 0.322 e. The zero-order chi connectivity index (χ0) is 13.1. The van der Waals surface area contributed by atoms with Gasteiger partial charge in [-0.05, 0) is 13.3 Å². The Labute approximate surface area is 105 Å². The number of nitrogens with one attached hydrogen (secondary N) is 1. The number of nitrogen functional groups attached to an aromatic ring is 1. The van der Waals surface area contributed by atoms with Crippen LogP contribution >= 0.6 is 0 Å². The summed E-state index contributed by atoms with van der Waals surface area (Å²) in [6.07, 6.45) is 1.09. The largest absolute Gasteiger partial charge is 0.467 e. The second-order valence-electron chi connectivity index (χ2n) is 4.13. The summed E-state index contributed by atoms with van der Waals surface area (Å²) in [7, 11) is 3.42. The van der Waals surface area contributed by atoms with Gasteiger partial charge in [0.05, 0.1) is 19.3 Å². The summed E-state index contributed by atoms with van der Waals surface area (Å²) < 4.78 is 10.6. The quantitative estimate of drug-likeness (QED) is 0.562. The van der Waals surface area contributed by atoms with Crippen molar-refractivity contribution in [3.63, 3.8) is 0 Å². The lowest BCUT2D eigenvalue weighted by Gasteiger charge is -2.26. The molecule has 1 saturated heterocycles. The van der Waals surface area contributed by atoms with Crippen LogP contribution in [0.2, 0.25) is 0 Å². The van der Waals surface area contributed by atoms with Crippen molar-refractivity contribution in [1.82, 2.24) is 15.0 Å². The number of nitrogens with two attached hydrogens (primary N) is 1. The summed E-state index contributed by atoms with van der Waals surface area (Å²) >= 11 is 0. The fourth-order valence-corrected chi connectivity index (χ4v) is 2.04. The summed E-state index contributed by atoms with van der Waals surface area (Å²) in [5.74, 6) is 6.11. The maximum atomic E-state index is 5.54. The Balaban J connectivity index is 2.25. The summed E-state index contributed by atoms with van der Waals surface area (Å²) in [6, 6.07) is 0.467. The molecule has 8 nitrogen and oxygen atoms in total. The number of hydrogen-bond acceptors (Lipinski definition) is 8. The van der Waals surface area contributed by atoms with Crippen LogP contribution in [0.15, 0.2) is 0 Å². The number of anilines is 2. The molecule has 0 aromatic carbocycles. The first kappa shape index (κ1) is 12.8. The molecule has 0 radical (unpaired) electrons. The van der Waals surface area contributed by atoms with Crippen LogP contribution in [0.3, 0.4) is 0 Å². The van der Waals surface area contributed by atoms with Gasteiger partial charge in [-0.1, -0.05) is 0 Å². The van der Waals surface area contributed by atoms with Crippen molar-refractivity contribution in [3.05, 3.63) is 0 Å². The smallest absolute Gasteiger partial charge is 0.322 e. The van der Waals surface area contributed by atoms with E-state index in [2.05, 4.69) is 20.4 Å². The Morgan fingerprint density at radius 2 is 2.22 bits per heavy atom. The van der Waals surface area contributed by atoms with Crippen molar-refractivity contribution in [2.75, 3.05) is 31.1 Å². The predicted octanol–water partition coefficient (Wildman–Crippen LogP) is -0.221. The van der Waals surface area contributed by atoms with Crippen molar-refractivity contribution in [2.45, 2.75) is 25.5 Å². The van der Waals surface area contributed by atoms with E-state index in [1.807, 2.05) is 18.9 Å². The predicted molar refractivity (Wildman–Crippen MR) is 66.4 cm³/mol. The highest BCUT2D eigenvalue weighted by atomic mass is 16.5. The van der Waals surface area contributed by atoms with Gasteiger partial charge in [0.15, 0.2) is 0 Å². The van der Waals surface area contributed by atoms with Crippen LogP contribution in [0.4, 0.5) is 11.9 Å². The third kappa shape index (κ3) is 2.44. The third-order valence-electron chi connectivity index (χ3n) is 3.06. The Hall–Kier alpha value is -1.67. The van der Waals surface area contributed by atoms with Gasteiger partial charge in [-0.25, -0.2) is 5.84 Å². The highest BCUT2D eigenvalue weighted by Gasteiger charge is 2.29. The van der Waals surface area contributed by atoms with E-state index in [4.69, 9.17) is 15.3 Å². The first-order valence-electron chi connectivity index (χ1n) is 5.77. The van der Waals surface area contributed by atoms with Gasteiger partial charge in [-0.15, -0.1) is 0 Å². The molecule has 1 aromatic rings. The van der Waals surface area contributed by atoms with Crippen LogP contribution in [-0.2, 0) is 4.74 Å². The highest BCUT2D eigenvalue weighted by Crippen LogP contribution is 2.23. The number of likely N-dealkylation sites (N-methyl/N-ethyl adjacent to an activating group) is 1. The first-order chi connectivity index (χ1) is 8.65.